The summed E-state index contributed by atoms with van der Waals surface area (Å²) in [6.45, 7) is 9.95. The zero-order chi connectivity index (χ0) is 15.1. The van der Waals surface area contributed by atoms with Crippen LogP contribution in [0.15, 0.2) is 18.3 Å². The maximum absolute atomic E-state index is 4.54. The summed E-state index contributed by atoms with van der Waals surface area (Å²) in [5, 5.41) is 3.45. The lowest BCUT2D eigenvalue weighted by atomic mass is 10.2. The van der Waals surface area contributed by atoms with Crippen molar-refractivity contribution in [2.75, 3.05) is 38.1 Å². The van der Waals surface area contributed by atoms with Gasteiger partial charge < -0.3 is 10.2 Å². The Balaban J connectivity index is 1.92. The van der Waals surface area contributed by atoms with Crippen molar-refractivity contribution in [3.8, 4) is 0 Å². The van der Waals surface area contributed by atoms with Crippen molar-refractivity contribution in [3.63, 3.8) is 0 Å². The number of nitrogens with zero attached hydrogens (tertiary/aromatic N) is 3. The molecule has 4 nitrogen and oxygen atoms in total. The van der Waals surface area contributed by atoms with Gasteiger partial charge in [0.1, 0.15) is 5.82 Å². The van der Waals surface area contributed by atoms with Crippen molar-refractivity contribution in [3.05, 3.63) is 23.9 Å². The Labute approximate surface area is 129 Å². The fourth-order valence-electron chi connectivity index (χ4n) is 3.12. The van der Waals surface area contributed by atoms with Gasteiger partial charge in [0.25, 0.3) is 0 Å². The summed E-state index contributed by atoms with van der Waals surface area (Å²) in [5.74, 6) is 1.09. The summed E-state index contributed by atoms with van der Waals surface area (Å²) in [5.41, 5.74) is 1.32. The highest BCUT2D eigenvalue weighted by Crippen LogP contribution is 2.19. The van der Waals surface area contributed by atoms with Gasteiger partial charge in [-0.15, -0.1) is 0 Å². The maximum atomic E-state index is 4.54. The number of likely N-dealkylation sites (N-methyl/N-ethyl adjacent to an activating group) is 2. The minimum Gasteiger partial charge on any atom is -0.358 e. The number of aromatic nitrogens is 1. The fraction of sp³-hybridized carbons (Fsp3) is 0.706. The summed E-state index contributed by atoms with van der Waals surface area (Å²) < 4.78 is 0. The summed E-state index contributed by atoms with van der Waals surface area (Å²) in [4.78, 5) is 9.43. The van der Waals surface area contributed by atoms with E-state index < -0.39 is 0 Å². The minimum atomic E-state index is 0.684. The lowest BCUT2D eigenvalue weighted by molar-refractivity contribution is 0.270. The summed E-state index contributed by atoms with van der Waals surface area (Å²) in [6.07, 6.45) is 5.75. The Hall–Kier alpha value is -1.13. The average Bonchev–Trinajstić information content (AvgIpc) is 2.95. The number of anilines is 1. The van der Waals surface area contributed by atoms with Crippen molar-refractivity contribution in [1.29, 1.82) is 0 Å². The molecule has 0 amide bonds. The van der Waals surface area contributed by atoms with Crippen molar-refractivity contribution in [2.24, 2.45) is 0 Å². The van der Waals surface area contributed by atoms with E-state index in [0.717, 1.165) is 32.0 Å². The standard InChI is InChI=1S/C17H30N4/c1-4-9-18-13-15-8-10-19-17(12-15)20(3)14-16-7-6-11-21(16)5-2/h8,10,12,16,18H,4-7,9,11,13-14H2,1-3H3. The predicted molar refractivity (Wildman–Crippen MR) is 89.8 cm³/mol. The van der Waals surface area contributed by atoms with E-state index in [1.54, 1.807) is 0 Å². The topological polar surface area (TPSA) is 31.4 Å². The molecule has 1 aliphatic heterocycles. The molecule has 2 heterocycles. The van der Waals surface area contributed by atoms with Crippen LogP contribution in [0.25, 0.3) is 0 Å². The lowest BCUT2D eigenvalue weighted by Crippen LogP contribution is -2.39. The highest BCUT2D eigenvalue weighted by molar-refractivity contribution is 5.40. The van der Waals surface area contributed by atoms with Crippen LogP contribution in [0.4, 0.5) is 5.82 Å². The molecule has 1 N–H and O–H groups in total. The second-order valence-electron chi connectivity index (χ2n) is 6.00. The third kappa shape index (κ3) is 4.68. The third-order valence-corrected chi connectivity index (χ3v) is 4.35. The van der Waals surface area contributed by atoms with Gasteiger partial charge in [0.2, 0.25) is 0 Å². The number of hydrogen-bond acceptors (Lipinski definition) is 4. The number of rotatable bonds is 8. The van der Waals surface area contributed by atoms with Crippen molar-refractivity contribution < 1.29 is 0 Å². The van der Waals surface area contributed by atoms with E-state index in [2.05, 4.69) is 53.1 Å². The van der Waals surface area contributed by atoms with Crippen LogP contribution >= 0.6 is 0 Å². The molecule has 0 bridgehead atoms. The van der Waals surface area contributed by atoms with Crippen LogP contribution < -0.4 is 10.2 Å². The number of likely N-dealkylation sites (tertiary alicyclic amines) is 1. The molecule has 2 rings (SSSR count). The van der Waals surface area contributed by atoms with Gasteiger partial charge in [-0.1, -0.05) is 13.8 Å². The molecular formula is C17H30N4. The van der Waals surface area contributed by atoms with Gasteiger partial charge >= 0.3 is 0 Å². The monoisotopic (exact) mass is 290 g/mol. The predicted octanol–water partition coefficient (Wildman–Crippen LogP) is 2.50. The molecule has 1 unspecified atom stereocenters. The molecule has 0 radical (unpaired) electrons. The molecule has 0 aliphatic carbocycles. The van der Waals surface area contributed by atoms with E-state index in [4.69, 9.17) is 0 Å². The normalized spacial score (nSPS) is 19.1. The van der Waals surface area contributed by atoms with Gasteiger partial charge in [0, 0.05) is 32.4 Å². The first-order valence-electron chi connectivity index (χ1n) is 8.35. The van der Waals surface area contributed by atoms with Gasteiger partial charge in [-0.3, -0.25) is 4.90 Å². The second kappa shape index (κ2) is 8.35. The highest BCUT2D eigenvalue weighted by atomic mass is 15.2. The molecule has 4 heteroatoms. The molecule has 0 aromatic carbocycles. The van der Waals surface area contributed by atoms with Crippen LogP contribution in [-0.2, 0) is 6.54 Å². The molecule has 1 atom stereocenters. The van der Waals surface area contributed by atoms with Crippen LogP contribution in [0.1, 0.15) is 38.7 Å². The summed E-state index contributed by atoms with van der Waals surface area (Å²) in [6, 6.07) is 5.01. The lowest BCUT2D eigenvalue weighted by Gasteiger charge is -2.28. The van der Waals surface area contributed by atoms with Crippen LogP contribution in [-0.4, -0.2) is 49.2 Å². The molecule has 1 aromatic heterocycles. The van der Waals surface area contributed by atoms with E-state index >= 15 is 0 Å². The average molecular weight is 290 g/mol. The van der Waals surface area contributed by atoms with Gasteiger partial charge in [-0.05, 0) is 56.6 Å². The fourth-order valence-corrected chi connectivity index (χ4v) is 3.12. The number of nitrogens with one attached hydrogen (secondary N) is 1. The van der Waals surface area contributed by atoms with Gasteiger partial charge in [0.15, 0.2) is 0 Å². The zero-order valence-electron chi connectivity index (χ0n) is 13.8. The first-order valence-corrected chi connectivity index (χ1v) is 8.35. The van der Waals surface area contributed by atoms with E-state index in [-0.39, 0.29) is 0 Å². The Morgan fingerprint density at radius 1 is 1.43 bits per heavy atom. The smallest absolute Gasteiger partial charge is 0.128 e. The van der Waals surface area contributed by atoms with E-state index in [9.17, 15) is 0 Å². The third-order valence-electron chi connectivity index (χ3n) is 4.35. The Morgan fingerprint density at radius 2 is 2.29 bits per heavy atom. The van der Waals surface area contributed by atoms with Crippen LogP contribution in [0, 0.1) is 0 Å². The van der Waals surface area contributed by atoms with Gasteiger partial charge in [-0.2, -0.15) is 0 Å². The first-order chi connectivity index (χ1) is 10.2. The molecule has 0 spiro atoms. The molecular weight excluding hydrogens is 260 g/mol. The van der Waals surface area contributed by atoms with E-state index in [1.165, 1.54) is 31.4 Å². The van der Waals surface area contributed by atoms with Crippen LogP contribution in [0.3, 0.4) is 0 Å². The molecule has 0 saturated carbocycles. The molecule has 118 valence electrons. The molecule has 1 saturated heterocycles. The Bertz CT molecular complexity index is 421. The quantitative estimate of drug-likeness (QED) is 0.746. The van der Waals surface area contributed by atoms with Crippen LogP contribution in [0.5, 0.6) is 0 Å². The molecule has 1 fully saturated rings. The summed E-state index contributed by atoms with van der Waals surface area (Å²) >= 11 is 0. The number of pyridine rings is 1. The minimum absolute atomic E-state index is 0.684. The van der Waals surface area contributed by atoms with Gasteiger partial charge in [0.05, 0.1) is 0 Å². The second-order valence-corrected chi connectivity index (χ2v) is 6.00. The Kier molecular flexibility index (Phi) is 6.46. The van der Waals surface area contributed by atoms with E-state index in [0.29, 0.717) is 6.04 Å². The number of hydrogen-bond donors (Lipinski definition) is 1. The largest absolute Gasteiger partial charge is 0.358 e. The maximum Gasteiger partial charge on any atom is 0.128 e. The van der Waals surface area contributed by atoms with Crippen LogP contribution in [0.2, 0.25) is 0 Å². The molecule has 21 heavy (non-hydrogen) atoms. The highest BCUT2D eigenvalue weighted by Gasteiger charge is 2.24. The molecule has 1 aliphatic rings. The van der Waals surface area contributed by atoms with Crippen molar-refractivity contribution in [2.45, 2.75) is 45.7 Å². The van der Waals surface area contributed by atoms with Crippen molar-refractivity contribution in [1.82, 2.24) is 15.2 Å². The Morgan fingerprint density at radius 3 is 3.05 bits per heavy atom. The summed E-state index contributed by atoms with van der Waals surface area (Å²) in [7, 11) is 2.16. The van der Waals surface area contributed by atoms with Gasteiger partial charge in [-0.25, -0.2) is 4.98 Å². The zero-order valence-corrected chi connectivity index (χ0v) is 13.8. The molecule has 1 aromatic rings. The first kappa shape index (κ1) is 16.2. The SMILES string of the molecule is CCCNCc1ccnc(N(C)CC2CCCN2CC)c1. The van der Waals surface area contributed by atoms with E-state index in [1.807, 2.05) is 6.20 Å². The van der Waals surface area contributed by atoms with Crippen molar-refractivity contribution >= 4 is 5.82 Å².